The highest BCUT2D eigenvalue weighted by atomic mass is 16.1. The summed E-state index contributed by atoms with van der Waals surface area (Å²) in [5, 5.41) is 11.7. The maximum atomic E-state index is 12.9. The fraction of sp³-hybridized carbons (Fsp3) is 0.409. The number of pyridine rings is 1. The van der Waals surface area contributed by atoms with E-state index in [1.165, 1.54) is 25.9 Å². The van der Waals surface area contributed by atoms with Crippen molar-refractivity contribution in [3.05, 3.63) is 48.3 Å². The van der Waals surface area contributed by atoms with Crippen molar-refractivity contribution in [1.82, 2.24) is 25.4 Å². The molecule has 28 heavy (non-hydrogen) atoms. The van der Waals surface area contributed by atoms with Crippen molar-refractivity contribution in [2.24, 2.45) is 5.92 Å². The molecule has 0 spiro atoms. The lowest BCUT2D eigenvalue weighted by Crippen LogP contribution is -2.48. The number of nitrogens with one attached hydrogen (secondary N) is 2. The summed E-state index contributed by atoms with van der Waals surface area (Å²) in [7, 11) is 0. The molecule has 144 valence electrons. The quantitative estimate of drug-likeness (QED) is 0.718. The van der Waals surface area contributed by atoms with Crippen LogP contribution < -0.4 is 5.32 Å². The van der Waals surface area contributed by atoms with Gasteiger partial charge < -0.3 is 10.2 Å². The Morgan fingerprint density at radius 3 is 2.86 bits per heavy atom. The predicted molar refractivity (Wildman–Crippen MR) is 109 cm³/mol. The molecule has 3 heterocycles. The van der Waals surface area contributed by atoms with Crippen molar-refractivity contribution in [2.45, 2.75) is 31.7 Å². The van der Waals surface area contributed by atoms with E-state index >= 15 is 0 Å². The van der Waals surface area contributed by atoms with Crippen LogP contribution in [0.4, 0.5) is 0 Å². The number of amides is 1. The summed E-state index contributed by atoms with van der Waals surface area (Å²) in [4.78, 5) is 19.5. The second kappa shape index (κ2) is 7.36. The van der Waals surface area contributed by atoms with Gasteiger partial charge in [-0.25, -0.2) is 0 Å². The molecule has 2 N–H and O–H groups in total. The topological polar surface area (TPSA) is 73.9 Å². The summed E-state index contributed by atoms with van der Waals surface area (Å²) in [5.41, 5.74) is 3.45. The van der Waals surface area contributed by atoms with Gasteiger partial charge in [0.1, 0.15) is 5.69 Å². The molecule has 1 amide bonds. The summed E-state index contributed by atoms with van der Waals surface area (Å²) in [5.74, 6) is 0.895. The van der Waals surface area contributed by atoms with Gasteiger partial charge in [-0.3, -0.25) is 14.9 Å². The van der Waals surface area contributed by atoms with Crippen LogP contribution in [0.1, 0.15) is 36.0 Å². The van der Waals surface area contributed by atoms with E-state index in [9.17, 15) is 4.79 Å². The highest BCUT2D eigenvalue weighted by Gasteiger charge is 2.28. The fourth-order valence-corrected chi connectivity index (χ4v) is 4.16. The maximum absolute atomic E-state index is 12.9. The number of likely N-dealkylation sites (tertiary alicyclic amines) is 1. The zero-order valence-corrected chi connectivity index (χ0v) is 15.9. The number of aromatic nitrogens is 3. The first-order chi connectivity index (χ1) is 13.8. The molecule has 1 aliphatic heterocycles. The molecule has 2 aliphatic rings. The van der Waals surface area contributed by atoms with E-state index in [0.717, 1.165) is 47.5 Å². The molecule has 2 fully saturated rings. The number of hydrogen-bond acceptors (Lipinski definition) is 4. The van der Waals surface area contributed by atoms with Gasteiger partial charge in [0.25, 0.3) is 5.91 Å². The number of fused-ring (bicyclic) bond motifs is 1. The lowest BCUT2D eigenvalue weighted by atomic mass is 10.0. The van der Waals surface area contributed by atoms with Crippen LogP contribution in [0.15, 0.2) is 42.7 Å². The van der Waals surface area contributed by atoms with E-state index in [-0.39, 0.29) is 11.9 Å². The molecule has 6 heteroatoms. The van der Waals surface area contributed by atoms with Crippen LogP contribution in [0.3, 0.4) is 0 Å². The molecule has 1 aliphatic carbocycles. The van der Waals surface area contributed by atoms with Gasteiger partial charge in [0.05, 0.1) is 5.52 Å². The van der Waals surface area contributed by atoms with Crippen LogP contribution in [-0.4, -0.2) is 51.7 Å². The largest absolute Gasteiger partial charge is 0.348 e. The smallest absolute Gasteiger partial charge is 0.251 e. The third-order valence-electron chi connectivity index (χ3n) is 5.83. The molecule has 1 saturated carbocycles. The van der Waals surface area contributed by atoms with E-state index in [0.29, 0.717) is 5.56 Å². The van der Waals surface area contributed by atoms with E-state index in [4.69, 9.17) is 0 Å². The number of benzene rings is 1. The monoisotopic (exact) mass is 375 g/mol. The molecular weight excluding hydrogens is 350 g/mol. The Kier molecular flexibility index (Phi) is 4.56. The average molecular weight is 375 g/mol. The highest BCUT2D eigenvalue weighted by molar-refractivity contribution is 6.01. The predicted octanol–water partition coefficient (Wildman–Crippen LogP) is 3.23. The zero-order chi connectivity index (χ0) is 18.9. The fourth-order valence-electron chi connectivity index (χ4n) is 4.16. The van der Waals surface area contributed by atoms with Gasteiger partial charge in [0.2, 0.25) is 0 Å². The van der Waals surface area contributed by atoms with Crippen molar-refractivity contribution >= 4 is 16.8 Å². The number of rotatable bonds is 5. The molecule has 3 aromatic rings. The van der Waals surface area contributed by atoms with Crippen molar-refractivity contribution in [3.63, 3.8) is 0 Å². The van der Waals surface area contributed by atoms with Crippen molar-refractivity contribution in [3.8, 4) is 11.3 Å². The Hall–Kier alpha value is -2.73. The van der Waals surface area contributed by atoms with Gasteiger partial charge >= 0.3 is 0 Å². The number of aromatic amines is 1. The minimum Gasteiger partial charge on any atom is -0.348 e. The molecule has 1 atom stereocenters. The molecule has 5 rings (SSSR count). The standard InChI is InChI=1S/C22H25N5O/c28-22(24-18-2-1-11-27(14-18)13-15-3-4-15)17-5-6-20-19(12-17)21(26-25-20)16-7-9-23-10-8-16/h5-10,12,15,18H,1-4,11,13-14H2,(H,24,28)(H,25,26)/t18-/m1/s1. The molecule has 6 nitrogen and oxygen atoms in total. The number of carbonyl (C=O) groups excluding carboxylic acids is 1. The molecule has 0 bridgehead atoms. The van der Waals surface area contributed by atoms with Crippen LogP contribution in [-0.2, 0) is 0 Å². The number of hydrogen-bond donors (Lipinski definition) is 2. The summed E-state index contributed by atoms with van der Waals surface area (Å²) in [6, 6.07) is 9.84. The normalized spacial score (nSPS) is 20.4. The number of H-pyrrole nitrogens is 1. The Balaban J connectivity index is 1.33. The van der Waals surface area contributed by atoms with Crippen LogP contribution >= 0.6 is 0 Å². The average Bonchev–Trinajstić information content (AvgIpc) is 3.44. The third kappa shape index (κ3) is 3.64. The lowest BCUT2D eigenvalue weighted by Gasteiger charge is -2.33. The van der Waals surface area contributed by atoms with E-state index in [1.807, 2.05) is 30.3 Å². The van der Waals surface area contributed by atoms with Gasteiger partial charge in [-0.1, -0.05) is 0 Å². The van der Waals surface area contributed by atoms with Gasteiger partial charge in [-0.05, 0) is 68.5 Å². The highest BCUT2D eigenvalue weighted by Crippen LogP contribution is 2.30. The minimum atomic E-state index is 0.00190. The van der Waals surface area contributed by atoms with Crippen LogP contribution in [0, 0.1) is 5.92 Å². The summed E-state index contributed by atoms with van der Waals surface area (Å²) < 4.78 is 0. The van der Waals surface area contributed by atoms with E-state index < -0.39 is 0 Å². The summed E-state index contributed by atoms with van der Waals surface area (Å²) >= 11 is 0. The first kappa shape index (κ1) is 17.4. The Morgan fingerprint density at radius 2 is 2.04 bits per heavy atom. The SMILES string of the molecule is O=C(N[C@@H]1CCCN(CC2CC2)C1)c1ccc2[nH]nc(-c3ccncc3)c2c1. The van der Waals surface area contributed by atoms with Gasteiger partial charge in [-0.15, -0.1) is 0 Å². The molecular formula is C22H25N5O. The van der Waals surface area contributed by atoms with Crippen LogP contribution in [0.2, 0.25) is 0 Å². The third-order valence-corrected chi connectivity index (χ3v) is 5.83. The Bertz CT molecular complexity index is 979. The van der Waals surface area contributed by atoms with Gasteiger partial charge in [-0.2, -0.15) is 5.10 Å². The van der Waals surface area contributed by atoms with Gasteiger partial charge in [0, 0.05) is 48.0 Å². The summed E-state index contributed by atoms with van der Waals surface area (Å²) in [6.45, 7) is 3.33. The number of nitrogens with zero attached hydrogens (tertiary/aromatic N) is 3. The second-order valence-corrected chi connectivity index (χ2v) is 8.08. The zero-order valence-electron chi connectivity index (χ0n) is 15.9. The first-order valence-electron chi connectivity index (χ1n) is 10.2. The van der Waals surface area contributed by atoms with E-state index in [1.54, 1.807) is 12.4 Å². The minimum absolute atomic E-state index is 0.00190. The van der Waals surface area contributed by atoms with E-state index in [2.05, 4.69) is 25.4 Å². The van der Waals surface area contributed by atoms with Crippen molar-refractivity contribution in [2.75, 3.05) is 19.6 Å². The number of carbonyl (C=O) groups is 1. The molecule has 1 aromatic carbocycles. The first-order valence-corrected chi connectivity index (χ1v) is 10.2. The molecule has 2 aromatic heterocycles. The lowest BCUT2D eigenvalue weighted by molar-refractivity contribution is 0.0902. The molecule has 0 unspecified atom stereocenters. The van der Waals surface area contributed by atoms with Gasteiger partial charge in [0.15, 0.2) is 0 Å². The number of piperidine rings is 1. The van der Waals surface area contributed by atoms with Crippen molar-refractivity contribution in [1.29, 1.82) is 0 Å². The Labute approximate surface area is 164 Å². The molecule has 0 radical (unpaired) electrons. The Morgan fingerprint density at radius 1 is 1.18 bits per heavy atom. The van der Waals surface area contributed by atoms with Crippen molar-refractivity contribution < 1.29 is 4.79 Å². The van der Waals surface area contributed by atoms with Crippen LogP contribution in [0.5, 0.6) is 0 Å². The maximum Gasteiger partial charge on any atom is 0.251 e. The molecule has 1 saturated heterocycles. The second-order valence-electron chi connectivity index (χ2n) is 8.08. The van der Waals surface area contributed by atoms with Crippen LogP contribution in [0.25, 0.3) is 22.2 Å². The summed E-state index contributed by atoms with van der Waals surface area (Å²) in [6.07, 6.45) is 8.47.